The fourth-order valence-corrected chi connectivity index (χ4v) is 2.77. The number of rotatable bonds is 9. The number of nitrogens with zero attached hydrogens (tertiary/aromatic N) is 2. The highest BCUT2D eigenvalue weighted by molar-refractivity contribution is 5.80. The summed E-state index contributed by atoms with van der Waals surface area (Å²) in [7, 11) is 0. The molecule has 144 valence electrons. The Morgan fingerprint density at radius 2 is 2.15 bits per heavy atom. The molecule has 1 heterocycles. The maximum atomic E-state index is 12.5. The van der Waals surface area contributed by atoms with Gasteiger partial charge < -0.3 is 20.3 Å². The first-order chi connectivity index (χ1) is 12.6. The number of amides is 1. The van der Waals surface area contributed by atoms with Crippen LogP contribution in [-0.2, 0) is 11.3 Å². The number of ether oxygens (including phenoxy) is 1. The minimum atomic E-state index is -2.86. The molecule has 0 radical (unpaired) electrons. The van der Waals surface area contributed by atoms with Crippen molar-refractivity contribution in [1.82, 2.24) is 15.5 Å². The Bertz CT molecular complexity index is 611. The van der Waals surface area contributed by atoms with E-state index >= 15 is 0 Å². The van der Waals surface area contributed by atoms with Crippen LogP contribution in [0.2, 0.25) is 0 Å². The van der Waals surface area contributed by atoms with Gasteiger partial charge in [-0.15, -0.1) is 0 Å². The van der Waals surface area contributed by atoms with Crippen molar-refractivity contribution < 1.29 is 18.3 Å². The third kappa shape index (κ3) is 6.50. The van der Waals surface area contributed by atoms with Crippen molar-refractivity contribution >= 4 is 11.9 Å². The van der Waals surface area contributed by atoms with Gasteiger partial charge in [-0.05, 0) is 25.8 Å². The quantitative estimate of drug-likeness (QED) is 0.399. The lowest BCUT2D eigenvalue weighted by Crippen LogP contribution is -2.39. The molecule has 6 nitrogen and oxygen atoms in total. The van der Waals surface area contributed by atoms with Crippen molar-refractivity contribution in [1.29, 1.82) is 0 Å². The number of likely N-dealkylation sites (tertiary alicyclic amines) is 1. The normalized spacial score (nSPS) is 14.8. The standard InChI is InChI=1S/C18H26F2N4O2/c1-2-21-18(22-10-6-12-24-11-5-9-16(24)25)23-13-14-7-3-4-8-15(14)26-17(19)20/h3-4,7-8,17H,2,5-6,9-13H2,1H3,(H2,21,22,23). The second-order valence-electron chi connectivity index (χ2n) is 5.95. The van der Waals surface area contributed by atoms with E-state index in [1.807, 2.05) is 11.8 Å². The molecule has 1 aromatic rings. The van der Waals surface area contributed by atoms with Gasteiger partial charge in [-0.25, -0.2) is 4.99 Å². The van der Waals surface area contributed by atoms with E-state index in [1.165, 1.54) is 6.07 Å². The Hall–Kier alpha value is -2.38. The van der Waals surface area contributed by atoms with Crippen LogP contribution in [-0.4, -0.2) is 49.6 Å². The number of hydrogen-bond donors (Lipinski definition) is 2. The number of halogens is 2. The Labute approximate surface area is 152 Å². The number of hydrogen-bond acceptors (Lipinski definition) is 3. The molecule has 0 aromatic heterocycles. The SMILES string of the molecule is CCNC(=NCc1ccccc1OC(F)F)NCCCN1CCCC1=O. The molecular weight excluding hydrogens is 342 g/mol. The molecule has 0 aliphatic carbocycles. The minimum Gasteiger partial charge on any atom is -0.434 e. The van der Waals surface area contributed by atoms with Gasteiger partial charge in [-0.2, -0.15) is 8.78 Å². The lowest BCUT2D eigenvalue weighted by atomic mass is 10.2. The summed E-state index contributed by atoms with van der Waals surface area (Å²) in [5.41, 5.74) is 0.590. The smallest absolute Gasteiger partial charge is 0.387 e. The zero-order chi connectivity index (χ0) is 18.8. The molecular formula is C18H26F2N4O2. The summed E-state index contributed by atoms with van der Waals surface area (Å²) >= 11 is 0. The maximum Gasteiger partial charge on any atom is 0.387 e. The predicted octanol–water partition coefficient (Wildman–Crippen LogP) is 2.36. The first kappa shape index (κ1) is 19.9. The van der Waals surface area contributed by atoms with Crippen LogP contribution in [0.3, 0.4) is 0 Å². The molecule has 0 unspecified atom stereocenters. The molecule has 8 heteroatoms. The zero-order valence-corrected chi connectivity index (χ0v) is 15.0. The van der Waals surface area contributed by atoms with Gasteiger partial charge in [-0.1, -0.05) is 18.2 Å². The van der Waals surface area contributed by atoms with E-state index in [4.69, 9.17) is 0 Å². The van der Waals surface area contributed by atoms with Crippen LogP contribution in [0.4, 0.5) is 8.78 Å². The van der Waals surface area contributed by atoms with Gasteiger partial charge >= 0.3 is 6.61 Å². The van der Waals surface area contributed by atoms with E-state index in [1.54, 1.807) is 18.2 Å². The van der Waals surface area contributed by atoms with E-state index in [2.05, 4.69) is 20.4 Å². The largest absolute Gasteiger partial charge is 0.434 e. The number of para-hydroxylation sites is 1. The third-order valence-electron chi connectivity index (χ3n) is 4.01. The number of nitrogens with one attached hydrogen (secondary N) is 2. The Balaban J connectivity index is 1.85. The van der Waals surface area contributed by atoms with Crippen molar-refractivity contribution in [3.63, 3.8) is 0 Å². The topological polar surface area (TPSA) is 66.0 Å². The fourth-order valence-electron chi connectivity index (χ4n) is 2.77. The highest BCUT2D eigenvalue weighted by Gasteiger charge is 2.18. The zero-order valence-electron chi connectivity index (χ0n) is 15.0. The fraction of sp³-hybridized carbons (Fsp3) is 0.556. The van der Waals surface area contributed by atoms with E-state index < -0.39 is 6.61 Å². The highest BCUT2D eigenvalue weighted by Crippen LogP contribution is 2.20. The first-order valence-electron chi connectivity index (χ1n) is 8.92. The molecule has 1 aliphatic heterocycles. The maximum absolute atomic E-state index is 12.5. The van der Waals surface area contributed by atoms with Crippen LogP contribution in [0.25, 0.3) is 0 Å². The van der Waals surface area contributed by atoms with E-state index in [0.29, 0.717) is 31.0 Å². The molecule has 0 bridgehead atoms. The van der Waals surface area contributed by atoms with Gasteiger partial charge in [0.25, 0.3) is 0 Å². The molecule has 26 heavy (non-hydrogen) atoms. The van der Waals surface area contributed by atoms with Crippen molar-refractivity contribution in [2.75, 3.05) is 26.2 Å². The first-order valence-corrected chi connectivity index (χ1v) is 8.92. The van der Waals surface area contributed by atoms with Gasteiger partial charge in [0, 0.05) is 38.2 Å². The van der Waals surface area contributed by atoms with Crippen LogP contribution >= 0.6 is 0 Å². The van der Waals surface area contributed by atoms with Gasteiger partial charge in [0.2, 0.25) is 5.91 Å². The van der Waals surface area contributed by atoms with Gasteiger partial charge in [0.15, 0.2) is 5.96 Å². The summed E-state index contributed by atoms with van der Waals surface area (Å²) in [4.78, 5) is 17.9. The van der Waals surface area contributed by atoms with Gasteiger partial charge in [0.05, 0.1) is 6.54 Å². The summed E-state index contributed by atoms with van der Waals surface area (Å²) in [6, 6.07) is 6.62. The number of benzene rings is 1. The highest BCUT2D eigenvalue weighted by atomic mass is 19.3. The van der Waals surface area contributed by atoms with E-state index in [0.717, 1.165) is 25.9 Å². The van der Waals surface area contributed by atoms with Gasteiger partial charge in [-0.3, -0.25) is 4.79 Å². The van der Waals surface area contributed by atoms with Crippen LogP contribution in [0.5, 0.6) is 5.75 Å². The predicted molar refractivity (Wildman–Crippen MR) is 96.3 cm³/mol. The lowest BCUT2D eigenvalue weighted by Gasteiger charge is -2.16. The number of aliphatic imine (C=N–C) groups is 1. The summed E-state index contributed by atoms with van der Waals surface area (Å²) in [6.45, 7) is 2.25. The summed E-state index contributed by atoms with van der Waals surface area (Å²) in [5, 5.41) is 6.32. The van der Waals surface area contributed by atoms with Crippen LogP contribution in [0, 0.1) is 0 Å². The summed E-state index contributed by atoms with van der Waals surface area (Å²) in [5.74, 6) is 0.961. The average molecular weight is 368 g/mol. The second-order valence-corrected chi connectivity index (χ2v) is 5.95. The van der Waals surface area contributed by atoms with Crippen LogP contribution in [0.15, 0.2) is 29.3 Å². The van der Waals surface area contributed by atoms with Gasteiger partial charge in [0.1, 0.15) is 5.75 Å². The molecule has 0 spiro atoms. The number of guanidine groups is 1. The number of carbonyl (C=O) groups excluding carboxylic acids is 1. The second kappa shape index (κ2) is 10.6. The average Bonchev–Trinajstić information content (AvgIpc) is 3.02. The van der Waals surface area contributed by atoms with E-state index in [-0.39, 0.29) is 18.2 Å². The third-order valence-corrected chi connectivity index (χ3v) is 4.01. The molecule has 2 rings (SSSR count). The molecule has 0 saturated carbocycles. The molecule has 1 aliphatic rings. The number of carbonyl (C=O) groups is 1. The lowest BCUT2D eigenvalue weighted by molar-refractivity contribution is -0.127. The Kier molecular flexibility index (Phi) is 8.11. The monoisotopic (exact) mass is 368 g/mol. The molecule has 1 fully saturated rings. The molecule has 0 atom stereocenters. The van der Waals surface area contributed by atoms with Crippen molar-refractivity contribution in [3.8, 4) is 5.75 Å². The Morgan fingerprint density at radius 1 is 1.35 bits per heavy atom. The Morgan fingerprint density at radius 3 is 2.85 bits per heavy atom. The summed E-state index contributed by atoms with van der Waals surface area (Å²) < 4.78 is 29.5. The van der Waals surface area contributed by atoms with Crippen molar-refractivity contribution in [2.45, 2.75) is 39.3 Å². The molecule has 1 amide bonds. The molecule has 2 N–H and O–H groups in total. The van der Waals surface area contributed by atoms with E-state index in [9.17, 15) is 13.6 Å². The van der Waals surface area contributed by atoms with Crippen molar-refractivity contribution in [3.05, 3.63) is 29.8 Å². The number of alkyl halides is 2. The molecule has 1 saturated heterocycles. The van der Waals surface area contributed by atoms with Crippen molar-refractivity contribution in [2.24, 2.45) is 4.99 Å². The van der Waals surface area contributed by atoms with Crippen LogP contribution in [0.1, 0.15) is 31.7 Å². The molecule has 1 aromatic carbocycles. The van der Waals surface area contributed by atoms with Crippen LogP contribution < -0.4 is 15.4 Å². The minimum absolute atomic E-state index is 0.134. The summed E-state index contributed by atoms with van der Waals surface area (Å²) in [6.07, 6.45) is 2.41.